The van der Waals surface area contributed by atoms with Crippen LogP contribution in [0.5, 0.6) is 0 Å². The van der Waals surface area contributed by atoms with Crippen molar-refractivity contribution in [3.8, 4) is 6.07 Å². The van der Waals surface area contributed by atoms with Crippen LogP contribution in [0.1, 0.15) is 0 Å². The summed E-state index contributed by atoms with van der Waals surface area (Å²) in [6, 6.07) is 5.36. The lowest BCUT2D eigenvalue weighted by atomic mass is 10.2. The van der Waals surface area contributed by atoms with Gasteiger partial charge in [0.25, 0.3) is 5.69 Å². The number of nitrogens with zero attached hydrogens (tertiary/aromatic N) is 3. The Morgan fingerprint density at radius 1 is 1.61 bits per heavy atom. The topological polar surface area (TPSA) is 79.4 Å². The van der Waals surface area contributed by atoms with Crippen molar-refractivity contribution < 1.29 is 14.1 Å². The van der Waals surface area contributed by atoms with Gasteiger partial charge in [0.05, 0.1) is 30.2 Å². The molecule has 1 unspecified atom stereocenters. The molecule has 6 nitrogen and oxygen atoms in total. The van der Waals surface area contributed by atoms with E-state index < -0.39 is 16.8 Å². The first-order valence-corrected chi connectivity index (χ1v) is 5.32. The largest absolute Gasteiger partial charge is 0.360 e. The Bertz CT molecular complexity index is 515. The van der Waals surface area contributed by atoms with Crippen LogP contribution in [0.15, 0.2) is 18.2 Å². The summed E-state index contributed by atoms with van der Waals surface area (Å²) >= 11 is 0. The van der Waals surface area contributed by atoms with E-state index in [-0.39, 0.29) is 12.2 Å². The van der Waals surface area contributed by atoms with Gasteiger partial charge >= 0.3 is 0 Å². The first-order valence-electron chi connectivity index (χ1n) is 5.32. The summed E-state index contributed by atoms with van der Waals surface area (Å²) in [6.07, 6.45) is -0.622. The lowest BCUT2D eigenvalue weighted by Crippen LogP contribution is -2.42. The fourth-order valence-corrected chi connectivity index (χ4v) is 1.86. The maximum Gasteiger partial charge on any atom is 0.295 e. The van der Waals surface area contributed by atoms with E-state index in [2.05, 4.69) is 0 Å². The third-order valence-corrected chi connectivity index (χ3v) is 2.69. The zero-order chi connectivity index (χ0) is 13.1. The number of anilines is 1. The lowest BCUT2D eigenvalue weighted by molar-refractivity contribution is -0.384. The molecule has 0 amide bonds. The molecule has 0 spiro atoms. The highest BCUT2D eigenvalue weighted by molar-refractivity contribution is 5.63. The predicted molar refractivity (Wildman–Crippen MR) is 60.6 cm³/mol. The molecule has 0 aromatic heterocycles. The number of halogens is 1. The molecule has 1 fully saturated rings. The summed E-state index contributed by atoms with van der Waals surface area (Å²) in [6.45, 7) is 0.986. The van der Waals surface area contributed by atoms with Gasteiger partial charge in [-0.3, -0.25) is 10.1 Å². The number of hydrogen-bond acceptors (Lipinski definition) is 5. The van der Waals surface area contributed by atoms with Crippen molar-refractivity contribution >= 4 is 11.4 Å². The number of nitro benzene ring substituents is 1. The zero-order valence-electron chi connectivity index (χ0n) is 9.38. The molecule has 1 atom stereocenters. The van der Waals surface area contributed by atoms with Gasteiger partial charge in [-0.2, -0.15) is 5.26 Å². The molecular formula is C11H10FN3O3. The molecule has 7 heteroatoms. The van der Waals surface area contributed by atoms with Gasteiger partial charge in [0.2, 0.25) is 0 Å². The van der Waals surface area contributed by atoms with Gasteiger partial charge < -0.3 is 9.64 Å². The zero-order valence-corrected chi connectivity index (χ0v) is 9.38. The van der Waals surface area contributed by atoms with Crippen LogP contribution >= 0.6 is 0 Å². The van der Waals surface area contributed by atoms with E-state index in [0.717, 1.165) is 6.07 Å². The van der Waals surface area contributed by atoms with Gasteiger partial charge in [0.15, 0.2) is 6.10 Å². The molecule has 0 radical (unpaired) electrons. The fraction of sp³-hybridized carbons (Fsp3) is 0.364. The monoisotopic (exact) mass is 251 g/mol. The molecule has 1 aliphatic rings. The quantitative estimate of drug-likeness (QED) is 0.587. The van der Waals surface area contributed by atoms with Crippen LogP contribution in [0.3, 0.4) is 0 Å². The molecule has 0 N–H and O–H groups in total. The predicted octanol–water partition coefficient (Wildman–Crippen LogP) is 1.46. The molecule has 1 heterocycles. The van der Waals surface area contributed by atoms with Crippen LogP contribution in [0, 0.1) is 27.3 Å². The standard InChI is InChI=1S/C11H10FN3O3/c12-8-1-2-10(11(5-8)15(16)17)14-3-4-18-9(6-13)7-14/h1-2,5,9H,3-4,7H2. The van der Waals surface area contributed by atoms with Gasteiger partial charge in [-0.25, -0.2) is 4.39 Å². The first kappa shape index (κ1) is 12.3. The Morgan fingerprint density at radius 2 is 2.39 bits per heavy atom. The van der Waals surface area contributed by atoms with Crippen LogP contribution in [-0.4, -0.2) is 30.7 Å². The molecule has 2 rings (SSSR count). The van der Waals surface area contributed by atoms with Gasteiger partial charge in [0.1, 0.15) is 11.5 Å². The van der Waals surface area contributed by atoms with E-state index in [1.807, 2.05) is 6.07 Å². The van der Waals surface area contributed by atoms with Crippen molar-refractivity contribution in [2.75, 3.05) is 24.6 Å². The molecule has 94 valence electrons. The van der Waals surface area contributed by atoms with Gasteiger partial charge in [-0.15, -0.1) is 0 Å². The Morgan fingerprint density at radius 3 is 3.06 bits per heavy atom. The normalized spacial score (nSPS) is 19.3. The molecule has 1 aromatic rings. The maximum atomic E-state index is 13.0. The van der Waals surface area contributed by atoms with Crippen LogP contribution in [-0.2, 0) is 4.74 Å². The molecular weight excluding hydrogens is 241 g/mol. The van der Waals surface area contributed by atoms with Crippen molar-refractivity contribution in [1.29, 1.82) is 5.26 Å². The van der Waals surface area contributed by atoms with E-state index in [0.29, 0.717) is 18.8 Å². The first-order chi connectivity index (χ1) is 8.61. The Kier molecular flexibility index (Phi) is 3.39. The van der Waals surface area contributed by atoms with Crippen molar-refractivity contribution in [2.24, 2.45) is 0 Å². The van der Waals surface area contributed by atoms with Crippen LogP contribution < -0.4 is 4.90 Å². The number of hydrogen-bond donors (Lipinski definition) is 0. The molecule has 0 saturated carbocycles. The van der Waals surface area contributed by atoms with E-state index in [9.17, 15) is 14.5 Å². The van der Waals surface area contributed by atoms with E-state index in [4.69, 9.17) is 10.00 Å². The second-order valence-electron chi connectivity index (χ2n) is 3.82. The minimum atomic E-state index is -0.657. The number of ether oxygens (including phenoxy) is 1. The smallest absolute Gasteiger partial charge is 0.295 e. The molecule has 0 aliphatic carbocycles. The molecule has 1 saturated heterocycles. The van der Waals surface area contributed by atoms with E-state index >= 15 is 0 Å². The van der Waals surface area contributed by atoms with Gasteiger partial charge in [-0.1, -0.05) is 0 Å². The van der Waals surface area contributed by atoms with Gasteiger partial charge in [-0.05, 0) is 12.1 Å². The highest BCUT2D eigenvalue weighted by atomic mass is 19.1. The minimum absolute atomic E-state index is 0.239. The molecule has 0 bridgehead atoms. The number of morpholine rings is 1. The Balaban J connectivity index is 2.33. The Labute approximate surface area is 102 Å². The third kappa shape index (κ3) is 2.38. The summed E-state index contributed by atoms with van der Waals surface area (Å²) in [5, 5.41) is 19.7. The van der Waals surface area contributed by atoms with Gasteiger partial charge in [0, 0.05) is 6.54 Å². The van der Waals surface area contributed by atoms with Crippen molar-refractivity contribution in [3.63, 3.8) is 0 Å². The second-order valence-corrected chi connectivity index (χ2v) is 3.82. The fourth-order valence-electron chi connectivity index (χ4n) is 1.86. The van der Waals surface area contributed by atoms with Crippen LogP contribution in [0.25, 0.3) is 0 Å². The molecule has 1 aliphatic heterocycles. The third-order valence-electron chi connectivity index (χ3n) is 2.69. The average molecular weight is 251 g/mol. The summed E-state index contributed by atoms with van der Waals surface area (Å²) in [7, 11) is 0. The summed E-state index contributed by atoms with van der Waals surface area (Å²) < 4.78 is 18.2. The van der Waals surface area contributed by atoms with Crippen molar-refractivity contribution in [3.05, 3.63) is 34.1 Å². The number of rotatable bonds is 2. The summed E-state index contributed by atoms with van der Waals surface area (Å²) in [5.74, 6) is -0.657. The molecule has 1 aromatic carbocycles. The minimum Gasteiger partial charge on any atom is -0.360 e. The maximum absolute atomic E-state index is 13.0. The SMILES string of the molecule is N#CC1CN(c2ccc(F)cc2[N+](=O)[O-])CCO1. The van der Waals surface area contributed by atoms with E-state index in [1.54, 1.807) is 4.90 Å². The molecule has 18 heavy (non-hydrogen) atoms. The number of nitro groups is 1. The summed E-state index contributed by atoms with van der Waals surface area (Å²) in [4.78, 5) is 11.9. The summed E-state index contributed by atoms with van der Waals surface area (Å²) in [5.41, 5.74) is 0.0125. The number of nitriles is 1. The van der Waals surface area contributed by atoms with Crippen molar-refractivity contribution in [2.45, 2.75) is 6.10 Å². The highest BCUT2D eigenvalue weighted by Gasteiger charge is 2.26. The number of benzene rings is 1. The average Bonchev–Trinajstić information content (AvgIpc) is 2.38. The van der Waals surface area contributed by atoms with Crippen LogP contribution in [0.2, 0.25) is 0 Å². The highest BCUT2D eigenvalue weighted by Crippen LogP contribution is 2.29. The Hall–Kier alpha value is -2.20. The lowest BCUT2D eigenvalue weighted by Gasteiger charge is -2.31. The van der Waals surface area contributed by atoms with Crippen LogP contribution in [0.4, 0.5) is 15.8 Å². The van der Waals surface area contributed by atoms with Crippen molar-refractivity contribution in [1.82, 2.24) is 0 Å². The second kappa shape index (κ2) is 4.98. The van der Waals surface area contributed by atoms with E-state index in [1.165, 1.54) is 12.1 Å².